The van der Waals surface area contributed by atoms with Gasteiger partial charge in [-0.05, 0) is 19.8 Å². The zero-order valence-electron chi connectivity index (χ0n) is 10.1. The Kier molecular flexibility index (Phi) is 8.54. The third-order valence-corrected chi connectivity index (χ3v) is 2.23. The highest BCUT2D eigenvalue weighted by Crippen LogP contribution is 2.14. The molecule has 0 heterocycles. The summed E-state index contributed by atoms with van der Waals surface area (Å²) in [4.78, 5) is 10.9. The van der Waals surface area contributed by atoms with Crippen LogP contribution >= 0.6 is 0 Å². The van der Waals surface area contributed by atoms with Crippen molar-refractivity contribution in [3.63, 3.8) is 0 Å². The van der Waals surface area contributed by atoms with Gasteiger partial charge >= 0.3 is 5.97 Å². The first-order valence-electron chi connectivity index (χ1n) is 5.65. The van der Waals surface area contributed by atoms with E-state index in [4.69, 9.17) is 0 Å². The van der Waals surface area contributed by atoms with E-state index in [9.17, 15) is 18.0 Å². The number of rotatable bonds is 9. The molecule has 0 radical (unpaired) electrons. The normalized spacial score (nSPS) is 14.1. The van der Waals surface area contributed by atoms with Crippen molar-refractivity contribution < 1.29 is 22.7 Å². The maximum Gasteiger partial charge on any atom is 0.333 e. The molecule has 0 fully saturated rings. The molecule has 0 rings (SSSR count). The van der Waals surface area contributed by atoms with Crippen molar-refractivity contribution in [2.24, 2.45) is 0 Å². The van der Waals surface area contributed by atoms with Crippen molar-refractivity contribution in [2.75, 3.05) is 13.3 Å². The van der Waals surface area contributed by atoms with Crippen LogP contribution in [0.2, 0.25) is 0 Å². The number of ether oxygens (including phenoxy) is 1. The molecule has 2 unspecified atom stereocenters. The SMILES string of the molecule is C=C(C)C(=O)OCC(F)C(F)CCCCCF. The molecule has 5 heteroatoms. The monoisotopic (exact) mass is 252 g/mol. The Morgan fingerprint density at radius 3 is 2.41 bits per heavy atom. The van der Waals surface area contributed by atoms with Crippen LogP contribution in [0.1, 0.15) is 32.6 Å². The van der Waals surface area contributed by atoms with Crippen molar-refractivity contribution in [1.29, 1.82) is 0 Å². The lowest BCUT2D eigenvalue weighted by Gasteiger charge is -2.13. The quantitative estimate of drug-likeness (QED) is 0.357. The fraction of sp³-hybridized carbons (Fsp3) is 0.750. The predicted octanol–water partition coefficient (Wildman–Crippen LogP) is 3.31. The maximum atomic E-state index is 13.2. The summed E-state index contributed by atoms with van der Waals surface area (Å²) in [6.45, 7) is 3.71. The number of carbonyl (C=O) groups excluding carboxylic acids is 1. The molecular weight excluding hydrogens is 233 g/mol. The van der Waals surface area contributed by atoms with Gasteiger partial charge in [0.15, 0.2) is 6.17 Å². The van der Waals surface area contributed by atoms with E-state index in [1.807, 2.05) is 0 Å². The molecule has 2 atom stereocenters. The van der Waals surface area contributed by atoms with Gasteiger partial charge in [0, 0.05) is 5.57 Å². The minimum Gasteiger partial charge on any atom is -0.459 e. The Morgan fingerprint density at radius 1 is 1.24 bits per heavy atom. The molecule has 0 aromatic carbocycles. The van der Waals surface area contributed by atoms with Crippen LogP contribution in [0.3, 0.4) is 0 Å². The standard InChI is InChI=1S/C12H19F3O2/c1-9(2)12(16)17-8-11(15)10(14)6-4-3-5-7-13/h10-11H,1,3-8H2,2H3. The summed E-state index contributed by atoms with van der Waals surface area (Å²) in [7, 11) is 0. The number of hydrogen-bond acceptors (Lipinski definition) is 2. The van der Waals surface area contributed by atoms with Crippen molar-refractivity contribution in [1.82, 2.24) is 0 Å². The first-order chi connectivity index (χ1) is 7.99. The average Bonchev–Trinajstić information content (AvgIpc) is 2.30. The molecule has 0 spiro atoms. The lowest BCUT2D eigenvalue weighted by atomic mass is 10.1. The van der Waals surface area contributed by atoms with Crippen LogP contribution in [0.25, 0.3) is 0 Å². The number of hydrogen-bond donors (Lipinski definition) is 0. The van der Waals surface area contributed by atoms with Crippen molar-refractivity contribution in [3.05, 3.63) is 12.2 Å². The zero-order chi connectivity index (χ0) is 13.3. The van der Waals surface area contributed by atoms with Crippen LogP contribution in [-0.4, -0.2) is 31.6 Å². The molecule has 0 aliphatic carbocycles. The van der Waals surface area contributed by atoms with E-state index >= 15 is 0 Å². The van der Waals surface area contributed by atoms with E-state index < -0.39 is 31.6 Å². The molecule has 0 aliphatic rings. The van der Waals surface area contributed by atoms with E-state index in [0.29, 0.717) is 19.3 Å². The number of unbranched alkanes of at least 4 members (excludes halogenated alkanes) is 2. The van der Waals surface area contributed by atoms with Crippen LogP contribution in [0, 0.1) is 0 Å². The second-order valence-corrected chi connectivity index (χ2v) is 3.95. The summed E-state index contributed by atoms with van der Waals surface area (Å²) < 4.78 is 42.6. The molecule has 0 aliphatic heterocycles. The third kappa shape index (κ3) is 7.82. The number of alkyl halides is 3. The van der Waals surface area contributed by atoms with Gasteiger partial charge in [-0.25, -0.2) is 13.6 Å². The zero-order valence-corrected chi connectivity index (χ0v) is 10.1. The van der Waals surface area contributed by atoms with E-state index in [2.05, 4.69) is 11.3 Å². The molecule has 0 N–H and O–H groups in total. The van der Waals surface area contributed by atoms with E-state index in [1.165, 1.54) is 6.92 Å². The largest absolute Gasteiger partial charge is 0.459 e. The van der Waals surface area contributed by atoms with Crippen molar-refractivity contribution in [3.8, 4) is 0 Å². The molecule has 2 nitrogen and oxygen atoms in total. The van der Waals surface area contributed by atoms with Gasteiger partial charge in [0.05, 0.1) is 6.67 Å². The summed E-state index contributed by atoms with van der Waals surface area (Å²) >= 11 is 0. The molecule has 17 heavy (non-hydrogen) atoms. The fourth-order valence-corrected chi connectivity index (χ4v) is 1.17. The van der Waals surface area contributed by atoms with Crippen LogP contribution in [-0.2, 0) is 9.53 Å². The summed E-state index contributed by atoms with van der Waals surface area (Å²) in [5.41, 5.74) is 0.149. The minimum absolute atomic E-state index is 0.0196. The highest BCUT2D eigenvalue weighted by molar-refractivity contribution is 5.86. The third-order valence-electron chi connectivity index (χ3n) is 2.23. The van der Waals surface area contributed by atoms with Gasteiger partial charge in [-0.15, -0.1) is 0 Å². The maximum absolute atomic E-state index is 13.2. The molecule has 0 saturated heterocycles. The fourth-order valence-electron chi connectivity index (χ4n) is 1.17. The minimum atomic E-state index is -1.83. The second kappa shape index (κ2) is 9.07. The Hall–Kier alpha value is -1.00. The lowest BCUT2D eigenvalue weighted by molar-refractivity contribution is -0.141. The molecule has 100 valence electrons. The van der Waals surface area contributed by atoms with Crippen LogP contribution in [0.4, 0.5) is 13.2 Å². The highest BCUT2D eigenvalue weighted by Gasteiger charge is 2.21. The highest BCUT2D eigenvalue weighted by atomic mass is 19.2. The molecular formula is C12H19F3O2. The topological polar surface area (TPSA) is 26.3 Å². The lowest BCUT2D eigenvalue weighted by Crippen LogP contribution is -2.25. The molecule has 0 aromatic heterocycles. The first-order valence-corrected chi connectivity index (χ1v) is 5.65. The first kappa shape index (κ1) is 16.0. The molecule has 0 saturated carbocycles. The predicted molar refractivity (Wildman–Crippen MR) is 60.0 cm³/mol. The van der Waals surface area contributed by atoms with E-state index in [0.717, 1.165) is 0 Å². The second-order valence-electron chi connectivity index (χ2n) is 3.95. The van der Waals surface area contributed by atoms with Crippen molar-refractivity contribution >= 4 is 5.97 Å². The average molecular weight is 252 g/mol. The Morgan fingerprint density at radius 2 is 1.88 bits per heavy atom. The molecule has 0 bridgehead atoms. The van der Waals surface area contributed by atoms with Gasteiger partial charge in [0.25, 0.3) is 0 Å². The van der Waals surface area contributed by atoms with Gasteiger partial charge in [0.1, 0.15) is 12.8 Å². The Labute approximate surface area is 99.8 Å². The Balaban J connectivity index is 3.70. The van der Waals surface area contributed by atoms with E-state index in [-0.39, 0.29) is 12.0 Å². The van der Waals surface area contributed by atoms with Crippen LogP contribution in [0.5, 0.6) is 0 Å². The van der Waals surface area contributed by atoms with Gasteiger partial charge < -0.3 is 4.74 Å². The van der Waals surface area contributed by atoms with Crippen LogP contribution < -0.4 is 0 Å². The summed E-state index contributed by atoms with van der Waals surface area (Å²) in [5, 5.41) is 0. The molecule has 0 amide bonds. The number of halogens is 3. The van der Waals surface area contributed by atoms with Gasteiger partial charge in [0.2, 0.25) is 0 Å². The smallest absolute Gasteiger partial charge is 0.333 e. The van der Waals surface area contributed by atoms with Gasteiger partial charge in [-0.2, -0.15) is 0 Å². The Bertz CT molecular complexity index is 244. The summed E-state index contributed by atoms with van der Waals surface area (Å²) in [6.07, 6.45) is -2.15. The van der Waals surface area contributed by atoms with Crippen molar-refractivity contribution in [2.45, 2.75) is 45.0 Å². The molecule has 0 aromatic rings. The summed E-state index contributed by atoms with van der Waals surface area (Å²) in [5.74, 6) is -0.725. The van der Waals surface area contributed by atoms with Gasteiger partial charge in [-0.3, -0.25) is 4.39 Å². The number of carbonyl (C=O) groups is 1. The van der Waals surface area contributed by atoms with Crippen LogP contribution in [0.15, 0.2) is 12.2 Å². The summed E-state index contributed by atoms with van der Waals surface area (Å²) in [6, 6.07) is 0. The number of esters is 1. The van der Waals surface area contributed by atoms with Gasteiger partial charge in [-0.1, -0.05) is 19.4 Å². The van der Waals surface area contributed by atoms with E-state index in [1.54, 1.807) is 0 Å².